The fourth-order valence-electron chi connectivity index (χ4n) is 3.97. The molecule has 2 atom stereocenters. The quantitative estimate of drug-likeness (QED) is 0.566. The fraction of sp³-hybridized carbons (Fsp3) is 0.250. The molecule has 2 aromatic rings. The summed E-state index contributed by atoms with van der Waals surface area (Å²) < 4.78 is 0. The molecule has 0 saturated heterocycles. The number of hydrogen-bond acceptors (Lipinski definition) is 6. The van der Waals surface area contributed by atoms with Gasteiger partial charge in [0.2, 0.25) is 5.78 Å². The van der Waals surface area contributed by atoms with Crippen LogP contribution in [-0.2, 0) is 22.7 Å². The van der Waals surface area contributed by atoms with Crippen molar-refractivity contribution in [1.82, 2.24) is 10.6 Å². The van der Waals surface area contributed by atoms with E-state index in [1.165, 1.54) is 6.08 Å². The van der Waals surface area contributed by atoms with E-state index >= 15 is 0 Å². The first-order chi connectivity index (χ1) is 14.3. The number of nitrogens with one attached hydrogen (secondary N) is 2. The Hall–Kier alpha value is -3.38. The van der Waals surface area contributed by atoms with Crippen molar-refractivity contribution in [2.45, 2.75) is 32.5 Å². The molecule has 154 valence electrons. The van der Waals surface area contributed by atoms with Crippen LogP contribution in [0.4, 0.5) is 0 Å². The zero-order valence-corrected chi connectivity index (χ0v) is 16.9. The molecule has 2 aliphatic rings. The lowest BCUT2D eigenvalue weighted by Gasteiger charge is -2.45. The van der Waals surface area contributed by atoms with Gasteiger partial charge in [-0.15, -0.1) is 0 Å². The zero-order valence-electron chi connectivity index (χ0n) is 16.9. The van der Waals surface area contributed by atoms with Crippen molar-refractivity contribution in [2.24, 2.45) is 5.92 Å². The van der Waals surface area contributed by atoms with E-state index in [9.17, 15) is 19.8 Å². The second-order valence-corrected chi connectivity index (χ2v) is 7.93. The summed E-state index contributed by atoms with van der Waals surface area (Å²) in [5, 5.41) is 27.3. The van der Waals surface area contributed by atoms with E-state index in [0.717, 1.165) is 22.3 Å². The Kier molecular flexibility index (Phi) is 4.95. The van der Waals surface area contributed by atoms with Gasteiger partial charge in [0.15, 0.2) is 17.1 Å². The highest BCUT2D eigenvalue weighted by molar-refractivity contribution is 6.16. The lowest BCUT2D eigenvalue weighted by atomic mass is 9.65. The number of allylic oxidation sites excluding steroid dienone is 1. The number of aryl methyl sites for hydroxylation is 2. The molecular formula is C24H24N2O4. The molecule has 6 heteroatoms. The van der Waals surface area contributed by atoms with Gasteiger partial charge >= 0.3 is 0 Å². The highest BCUT2D eigenvalue weighted by atomic mass is 16.3. The van der Waals surface area contributed by atoms with E-state index in [-0.39, 0.29) is 11.4 Å². The molecule has 0 aromatic heterocycles. The SMILES string of the molecule is Cc1cccc(CNC2=CC(=O)C2(O)C2C(=O)C(O)=C2NCc2cccc(C)c2)c1. The van der Waals surface area contributed by atoms with Crippen molar-refractivity contribution in [3.8, 4) is 0 Å². The number of carbonyl (C=O) groups excluding carboxylic acids is 2. The predicted octanol–water partition coefficient (Wildman–Crippen LogP) is 2.35. The Morgan fingerprint density at radius 1 is 0.933 bits per heavy atom. The Labute approximate surface area is 174 Å². The molecule has 0 bridgehead atoms. The van der Waals surface area contributed by atoms with E-state index in [4.69, 9.17) is 0 Å². The summed E-state index contributed by atoms with van der Waals surface area (Å²) in [7, 11) is 0. The van der Waals surface area contributed by atoms with Gasteiger partial charge in [0.25, 0.3) is 0 Å². The summed E-state index contributed by atoms with van der Waals surface area (Å²) in [6.07, 6.45) is 1.30. The average Bonchev–Trinajstić information content (AvgIpc) is 2.73. The smallest absolute Gasteiger partial charge is 0.211 e. The highest BCUT2D eigenvalue weighted by Gasteiger charge is 2.62. The minimum Gasteiger partial charge on any atom is -0.503 e. The van der Waals surface area contributed by atoms with Gasteiger partial charge in [-0.1, -0.05) is 59.7 Å². The first-order valence-corrected chi connectivity index (χ1v) is 9.86. The molecule has 0 spiro atoms. The van der Waals surface area contributed by atoms with Crippen LogP contribution in [0.3, 0.4) is 0 Å². The Bertz CT molecular complexity index is 1100. The minimum absolute atomic E-state index is 0.195. The van der Waals surface area contributed by atoms with Gasteiger partial charge < -0.3 is 20.8 Å². The normalized spacial score (nSPS) is 22.9. The van der Waals surface area contributed by atoms with Gasteiger partial charge in [0, 0.05) is 19.2 Å². The van der Waals surface area contributed by atoms with E-state index in [1.54, 1.807) is 0 Å². The minimum atomic E-state index is -1.98. The van der Waals surface area contributed by atoms with Gasteiger partial charge in [-0.2, -0.15) is 0 Å². The summed E-state index contributed by atoms with van der Waals surface area (Å²) in [5.74, 6) is -2.76. The second-order valence-electron chi connectivity index (χ2n) is 7.93. The molecule has 0 heterocycles. The molecule has 6 nitrogen and oxygen atoms in total. The zero-order chi connectivity index (χ0) is 21.5. The molecule has 0 saturated carbocycles. The number of ketones is 2. The molecule has 0 radical (unpaired) electrons. The molecule has 2 aliphatic carbocycles. The largest absolute Gasteiger partial charge is 0.503 e. The van der Waals surface area contributed by atoms with Crippen molar-refractivity contribution >= 4 is 11.6 Å². The van der Waals surface area contributed by atoms with Gasteiger partial charge in [-0.05, 0) is 25.0 Å². The number of carbonyl (C=O) groups is 2. The maximum Gasteiger partial charge on any atom is 0.211 e. The van der Waals surface area contributed by atoms with Crippen LogP contribution >= 0.6 is 0 Å². The summed E-state index contributed by atoms with van der Waals surface area (Å²) >= 11 is 0. The van der Waals surface area contributed by atoms with Crippen molar-refractivity contribution < 1.29 is 19.8 Å². The molecule has 30 heavy (non-hydrogen) atoms. The Morgan fingerprint density at radius 2 is 1.50 bits per heavy atom. The van der Waals surface area contributed by atoms with E-state index in [2.05, 4.69) is 10.6 Å². The highest BCUT2D eigenvalue weighted by Crippen LogP contribution is 2.44. The topological polar surface area (TPSA) is 98.7 Å². The van der Waals surface area contributed by atoms with Gasteiger partial charge in [-0.3, -0.25) is 9.59 Å². The van der Waals surface area contributed by atoms with Crippen LogP contribution < -0.4 is 10.6 Å². The second kappa shape index (κ2) is 7.46. The number of aliphatic hydroxyl groups is 2. The van der Waals surface area contributed by atoms with Crippen LogP contribution in [0, 0.1) is 19.8 Å². The van der Waals surface area contributed by atoms with Crippen LogP contribution in [0.2, 0.25) is 0 Å². The van der Waals surface area contributed by atoms with Crippen LogP contribution in [0.25, 0.3) is 0 Å². The Morgan fingerprint density at radius 3 is 2.03 bits per heavy atom. The number of rotatable bonds is 7. The molecule has 4 N–H and O–H groups in total. The fourth-order valence-corrected chi connectivity index (χ4v) is 3.97. The maximum atomic E-state index is 12.4. The van der Waals surface area contributed by atoms with E-state index in [1.807, 2.05) is 62.4 Å². The third-order valence-electron chi connectivity index (χ3n) is 5.65. The van der Waals surface area contributed by atoms with Crippen LogP contribution in [0.1, 0.15) is 22.3 Å². The van der Waals surface area contributed by atoms with Crippen molar-refractivity contribution in [3.05, 3.63) is 94.0 Å². The average molecular weight is 404 g/mol. The third kappa shape index (κ3) is 3.29. The summed E-state index contributed by atoms with van der Waals surface area (Å²) in [6.45, 7) is 4.73. The Balaban J connectivity index is 1.49. The molecule has 0 amide bonds. The number of aliphatic hydroxyl groups excluding tert-OH is 1. The summed E-state index contributed by atoms with van der Waals surface area (Å²) in [4.78, 5) is 24.7. The molecule has 2 unspecified atom stereocenters. The standard InChI is InChI=1S/C24H24N2O4/c1-14-5-3-7-16(9-14)12-25-18-11-19(27)24(18,30)20-21(23(29)22(20)28)26-13-17-8-4-6-15(2)10-17/h3-11,20,25-26,29-30H,12-13H2,1-2H3. The van der Waals surface area contributed by atoms with Gasteiger partial charge in [-0.25, -0.2) is 0 Å². The summed E-state index contributed by atoms with van der Waals surface area (Å²) in [5.41, 5.74) is 2.65. The number of benzene rings is 2. The molecular weight excluding hydrogens is 380 g/mol. The first kappa shape index (κ1) is 19.9. The number of Topliss-reactive ketones (excluding diaryl/α,β-unsaturated/α-hetero) is 1. The molecule has 0 aliphatic heterocycles. The van der Waals surface area contributed by atoms with Crippen molar-refractivity contribution in [3.63, 3.8) is 0 Å². The van der Waals surface area contributed by atoms with E-state index < -0.39 is 28.8 Å². The monoisotopic (exact) mass is 404 g/mol. The summed E-state index contributed by atoms with van der Waals surface area (Å²) in [6, 6.07) is 15.7. The third-order valence-corrected chi connectivity index (χ3v) is 5.65. The van der Waals surface area contributed by atoms with Crippen molar-refractivity contribution in [1.29, 1.82) is 0 Å². The maximum absolute atomic E-state index is 12.4. The lowest BCUT2D eigenvalue weighted by molar-refractivity contribution is -0.147. The lowest BCUT2D eigenvalue weighted by Crippen LogP contribution is -2.63. The number of hydrogen-bond donors (Lipinski definition) is 4. The van der Waals surface area contributed by atoms with Crippen molar-refractivity contribution in [2.75, 3.05) is 0 Å². The van der Waals surface area contributed by atoms with Gasteiger partial charge in [0.1, 0.15) is 5.92 Å². The first-order valence-electron chi connectivity index (χ1n) is 9.86. The van der Waals surface area contributed by atoms with Crippen LogP contribution in [0.5, 0.6) is 0 Å². The van der Waals surface area contributed by atoms with Crippen LogP contribution in [0.15, 0.2) is 71.8 Å². The van der Waals surface area contributed by atoms with Crippen LogP contribution in [-0.4, -0.2) is 27.4 Å². The molecule has 4 rings (SSSR count). The molecule has 2 aromatic carbocycles. The van der Waals surface area contributed by atoms with Gasteiger partial charge in [0.05, 0.1) is 11.4 Å². The molecule has 0 fully saturated rings. The predicted molar refractivity (Wildman–Crippen MR) is 112 cm³/mol. The van der Waals surface area contributed by atoms with E-state index in [0.29, 0.717) is 13.1 Å².